The molecule has 19 heavy (non-hydrogen) atoms. The van der Waals surface area contributed by atoms with Crippen LogP contribution in [-0.4, -0.2) is 9.13 Å². The number of fused-ring (bicyclic) bond motifs is 1. The first-order chi connectivity index (χ1) is 9.33. The molecule has 0 bridgehead atoms. The molecular formula is C16H12N2O. The van der Waals surface area contributed by atoms with Crippen molar-refractivity contribution in [2.75, 3.05) is 0 Å². The zero-order chi connectivity index (χ0) is 13.2. The molecule has 0 aliphatic heterocycles. The smallest absolute Gasteiger partial charge is 0.280 e. The maximum absolute atomic E-state index is 12.5. The molecule has 3 rings (SSSR count). The maximum atomic E-state index is 12.5. The Balaban J connectivity index is 2.41. The van der Waals surface area contributed by atoms with E-state index in [9.17, 15) is 4.79 Å². The van der Waals surface area contributed by atoms with E-state index in [2.05, 4.69) is 5.92 Å². The summed E-state index contributed by atoms with van der Waals surface area (Å²) in [5.74, 6) is 2.53. The van der Waals surface area contributed by atoms with Crippen molar-refractivity contribution >= 4 is 11.0 Å². The zero-order valence-corrected chi connectivity index (χ0v) is 10.3. The third-order valence-corrected chi connectivity index (χ3v) is 3.10. The lowest BCUT2D eigenvalue weighted by atomic mass is 10.3. The summed E-state index contributed by atoms with van der Waals surface area (Å²) in [5, 5.41) is 0. The van der Waals surface area contributed by atoms with Crippen molar-refractivity contribution in [3.05, 3.63) is 65.1 Å². The molecule has 0 aliphatic rings. The summed E-state index contributed by atoms with van der Waals surface area (Å²) in [6, 6.07) is 17.2. The lowest BCUT2D eigenvalue weighted by molar-refractivity contribution is 0.795. The molecular weight excluding hydrogens is 236 g/mol. The van der Waals surface area contributed by atoms with E-state index in [4.69, 9.17) is 6.42 Å². The van der Waals surface area contributed by atoms with Crippen LogP contribution >= 0.6 is 0 Å². The minimum absolute atomic E-state index is 0.106. The first-order valence-electron chi connectivity index (χ1n) is 6.02. The fourth-order valence-electron chi connectivity index (χ4n) is 2.28. The monoisotopic (exact) mass is 248 g/mol. The van der Waals surface area contributed by atoms with Crippen LogP contribution in [0, 0.1) is 12.3 Å². The number of nitrogens with zero attached hydrogens (tertiary/aromatic N) is 2. The lowest BCUT2D eigenvalue weighted by Crippen LogP contribution is -2.22. The summed E-state index contributed by atoms with van der Waals surface area (Å²) in [5.41, 5.74) is 2.47. The van der Waals surface area contributed by atoms with Crippen LogP contribution in [0.4, 0.5) is 0 Å². The van der Waals surface area contributed by atoms with Crippen LogP contribution in [0.3, 0.4) is 0 Å². The fraction of sp³-hybridized carbons (Fsp3) is 0.0625. The van der Waals surface area contributed by atoms with Gasteiger partial charge in [-0.2, -0.15) is 0 Å². The third-order valence-electron chi connectivity index (χ3n) is 3.10. The van der Waals surface area contributed by atoms with Crippen LogP contribution in [0.25, 0.3) is 16.7 Å². The van der Waals surface area contributed by atoms with Crippen molar-refractivity contribution < 1.29 is 0 Å². The Hall–Kier alpha value is -2.73. The van der Waals surface area contributed by atoms with Gasteiger partial charge in [-0.25, -0.2) is 4.79 Å². The highest BCUT2D eigenvalue weighted by molar-refractivity contribution is 5.78. The van der Waals surface area contributed by atoms with Gasteiger partial charge >= 0.3 is 5.69 Å². The molecule has 1 aromatic heterocycles. The average Bonchev–Trinajstić information content (AvgIpc) is 2.73. The number of terminal acetylenes is 1. The molecule has 3 heteroatoms. The third kappa shape index (κ3) is 1.74. The predicted molar refractivity (Wildman–Crippen MR) is 76.4 cm³/mol. The van der Waals surface area contributed by atoms with Gasteiger partial charge < -0.3 is 0 Å². The summed E-state index contributed by atoms with van der Waals surface area (Å²) >= 11 is 0. The molecule has 3 nitrogen and oxygen atoms in total. The molecule has 3 aromatic rings. The Kier molecular flexibility index (Phi) is 2.70. The lowest BCUT2D eigenvalue weighted by Gasteiger charge is -2.01. The first kappa shape index (κ1) is 11.4. The second-order valence-corrected chi connectivity index (χ2v) is 4.23. The predicted octanol–water partition coefficient (Wildman–Crippen LogP) is 2.43. The second kappa shape index (κ2) is 4.51. The molecule has 0 saturated heterocycles. The molecule has 92 valence electrons. The van der Waals surface area contributed by atoms with Gasteiger partial charge in [0, 0.05) is 0 Å². The van der Waals surface area contributed by atoms with E-state index in [0.29, 0.717) is 0 Å². The number of hydrogen-bond donors (Lipinski definition) is 0. The molecule has 0 spiro atoms. The summed E-state index contributed by atoms with van der Waals surface area (Å²) in [6.07, 6.45) is 5.35. The van der Waals surface area contributed by atoms with E-state index >= 15 is 0 Å². The van der Waals surface area contributed by atoms with Crippen LogP contribution in [0.15, 0.2) is 59.4 Å². The van der Waals surface area contributed by atoms with Gasteiger partial charge in [-0.1, -0.05) is 36.3 Å². The quantitative estimate of drug-likeness (QED) is 0.640. The normalized spacial score (nSPS) is 10.5. The molecule has 1 heterocycles. The number of aromatic nitrogens is 2. The van der Waals surface area contributed by atoms with Gasteiger partial charge in [0.15, 0.2) is 0 Å². The number of para-hydroxylation sites is 3. The molecule has 0 atom stereocenters. The van der Waals surface area contributed by atoms with Crippen molar-refractivity contribution in [1.29, 1.82) is 0 Å². The summed E-state index contributed by atoms with van der Waals surface area (Å²) in [6.45, 7) is 0.277. The van der Waals surface area contributed by atoms with E-state index in [-0.39, 0.29) is 12.2 Å². The average molecular weight is 248 g/mol. The highest BCUT2D eigenvalue weighted by Crippen LogP contribution is 2.17. The van der Waals surface area contributed by atoms with Gasteiger partial charge in [0.25, 0.3) is 0 Å². The van der Waals surface area contributed by atoms with E-state index in [0.717, 1.165) is 16.7 Å². The number of hydrogen-bond acceptors (Lipinski definition) is 1. The highest BCUT2D eigenvalue weighted by Gasteiger charge is 2.12. The van der Waals surface area contributed by atoms with Gasteiger partial charge in [-0.05, 0) is 24.3 Å². The minimum Gasteiger partial charge on any atom is -0.280 e. The van der Waals surface area contributed by atoms with Crippen LogP contribution in [-0.2, 0) is 6.54 Å². The Labute approximate surface area is 110 Å². The van der Waals surface area contributed by atoms with Gasteiger partial charge in [0.05, 0.1) is 23.3 Å². The topological polar surface area (TPSA) is 26.9 Å². The van der Waals surface area contributed by atoms with Crippen molar-refractivity contribution in [1.82, 2.24) is 9.13 Å². The molecule has 0 fully saturated rings. The van der Waals surface area contributed by atoms with Crippen LogP contribution in [0.5, 0.6) is 0 Å². The summed E-state index contributed by atoms with van der Waals surface area (Å²) in [4.78, 5) is 12.5. The molecule has 0 unspecified atom stereocenters. The maximum Gasteiger partial charge on any atom is 0.334 e. The minimum atomic E-state index is -0.106. The zero-order valence-electron chi connectivity index (χ0n) is 10.3. The van der Waals surface area contributed by atoms with E-state index in [1.807, 2.05) is 54.6 Å². The standard InChI is InChI=1S/C16H12N2O/c1-2-12-17-14-10-6-7-11-15(14)18(16(17)19)13-8-4-3-5-9-13/h1,3-11H,12H2. The molecule has 0 saturated carbocycles. The summed E-state index contributed by atoms with van der Waals surface area (Å²) < 4.78 is 3.30. The Morgan fingerprint density at radius 2 is 1.58 bits per heavy atom. The van der Waals surface area contributed by atoms with Gasteiger partial charge in [-0.3, -0.25) is 9.13 Å². The van der Waals surface area contributed by atoms with Crippen molar-refractivity contribution in [3.8, 4) is 18.0 Å². The fourth-order valence-corrected chi connectivity index (χ4v) is 2.28. The molecule has 2 aromatic carbocycles. The number of rotatable bonds is 2. The largest absolute Gasteiger partial charge is 0.334 e. The van der Waals surface area contributed by atoms with E-state index in [1.165, 1.54) is 0 Å². The van der Waals surface area contributed by atoms with Gasteiger partial charge in [0.2, 0.25) is 0 Å². The van der Waals surface area contributed by atoms with E-state index in [1.54, 1.807) is 9.13 Å². The Morgan fingerprint density at radius 3 is 2.26 bits per heavy atom. The second-order valence-electron chi connectivity index (χ2n) is 4.23. The Morgan fingerprint density at radius 1 is 0.947 bits per heavy atom. The molecule has 0 N–H and O–H groups in total. The van der Waals surface area contributed by atoms with Crippen LogP contribution in [0.2, 0.25) is 0 Å². The van der Waals surface area contributed by atoms with Crippen LogP contribution in [0.1, 0.15) is 0 Å². The van der Waals surface area contributed by atoms with Crippen molar-refractivity contribution in [2.45, 2.75) is 6.54 Å². The van der Waals surface area contributed by atoms with Gasteiger partial charge in [0.1, 0.15) is 0 Å². The molecule has 0 amide bonds. The van der Waals surface area contributed by atoms with Gasteiger partial charge in [-0.15, -0.1) is 6.42 Å². The first-order valence-corrected chi connectivity index (χ1v) is 6.02. The van der Waals surface area contributed by atoms with E-state index < -0.39 is 0 Å². The van der Waals surface area contributed by atoms with Crippen molar-refractivity contribution in [3.63, 3.8) is 0 Å². The van der Waals surface area contributed by atoms with Crippen LogP contribution < -0.4 is 5.69 Å². The SMILES string of the molecule is C#CCn1c(=O)n(-c2ccccc2)c2ccccc21. The van der Waals surface area contributed by atoms with Crippen molar-refractivity contribution in [2.24, 2.45) is 0 Å². The number of imidazole rings is 1. The molecule has 0 radical (unpaired) electrons. The Bertz CT molecular complexity index is 819. The highest BCUT2D eigenvalue weighted by atomic mass is 16.1. The molecule has 0 aliphatic carbocycles. The number of benzene rings is 2. The summed E-state index contributed by atoms with van der Waals surface area (Å²) in [7, 11) is 0.